The Kier molecular flexibility index (Phi) is 4.54. The second-order valence-electron chi connectivity index (χ2n) is 5.83. The maximum absolute atomic E-state index is 12.0. The van der Waals surface area contributed by atoms with Gasteiger partial charge in [0.25, 0.3) is 0 Å². The summed E-state index contributed by atoms with van der Waals surface area (Å²) in [6.45, 7) is 8.25. The number of aldehydes is 1. The first kappa shape index (κ1) is 14.0. The predicted molar refractivity (Wildman–Crippen MR) is 65.8 cm³/mol. The molecule has 2 atom stereocenters. The van der Waals surface area contributed by atoms with E-state index < -0.39 is 5.60 Å². The average Bonchev–Trinajstić information content (AvgIpc) is 2.18. The smallest absolute Gasteiger partial charge is 0.410 e. The summed E-state index contributed by atoms with van der Waals surface area (Å²) in [4.78, 5) is 24.3. The third-order valence-corrected chi connectivity index (χ3v) is 3.04. The number of hydrogen-bond donors (Lipinski definition) is 0. The molecule has 1 heterocycles. The van der Waals surface area contributed by atoms with Gasteiger partial charge in [0.15, 0.2) is 0 Å². The van der Waals surface area contributed by atoms with Crippen LogP contribution in [-0.4, -0.2) is 35.5 Å². The molecule has 1 aliphatic heterocycles. The molecule has 17 heavy (non-hydrogen) atoms. The Hall–Kier alpha value is -1.06. The molecule has 0 aromatic rings. The molecule has 4 nitrogen and oxygen atoms in total. The number of rotatable bonds is 2. The van der Waals surface area contributed by atoms with E-state index in [4.69, 9.17) is 4.74 Å². The van der Waals surface area contributed by atoms with Crippen LogP contribution in [-0.2, 0) is 9.53 Å². The largest absolute Gasteiger partial charge is 0.444 e. The maximum Gasteiger partial charge on any atom is 0.410 e. The molecular formula is C13H23NO3. The van der Waals surface area contributed by atoms with Crippen LogP contribution in [0.2, 0.25) is 0 Å². The summed E-state index contributed by atoms with van der Waals surface area (Å²) in [5, 5.41) is 0. The monoisotopic (exact) mass is 241 g/mol. The molecule has 1 aliphatic rings. The summed E-state index contributed by atoms with van der Waals surface area (Å²) in [7, 11) is 0. The van der Waals surface area contributed by atoms with Crippen molar-refractivity contribution in [2.24, 2.45) is 5.92 Å². The fourth-order valence-electron chi connectivity index (χ4n) is 2.09. The van der Waals surface area contributed by atoms with Gasteiger partial charge in [0, 0.05) is 19.0 Å². The highest BCUT2D eigenvalue weighted by atomic mass is 16.6. The van der Waals surface area contributed by atoms with E-state index in [0.29, 0.717) is 13.0 Å². The van der Waals surface area contributed by atoms with Crippen LogP contribution in [0.15, 0.2) is 0 Å². The fourth-order valence-corrected chi connectivity index (χ4v) is 2.09. The van der Waals surface area contributed by atoms with Crippen molar-refractivity contribution in [3.63, 3.8) is 0 Å². The summed E-state index contributed by atoms with van der Waals surface area (Å²) < 4.78 is 5.37. The van der Waals surface area contributed by atoms with Crippen LogP contribution in [0.5, 0.6) is 0 Å². The van der Waals surface area contributed by atoms with Crippen molar-refractivity contribution in [1.82, 2.24) is 4.90 Å². The Morgan fingerprint density at radius 2 is 2.06 bits per heavy atom. The molecular weight excluding hydrogens is 218 g/mol. The molecule has 0 aliphatic carbocycles. The van der Waals surface area contributed by atoms with Gasteiger partial charge in [-0.25, -0.2) is 4.79 Å². The van der Waals surface area contributed by atoms with E-state index in [-0.39, 0.29) is 18.1 Å². The quantitative estimate of drug-likeness (QED) is 0.698. The maximum atomic E-state index is 12.0. The van der Waals surface area contributed by atoms with E-state index in [9.17, 15) is 9.59 Å². The Labute approximate surface area is 103 Å². The van der Waals surface area contributed by atoms with Gasteiger partial charge in [-0.2, -0.15) is 0 Å². The van der Waals surface area contributed by atoms with Gasteiger partial charge in [-0.15, -0.1) is 0 Å². The van der Waals surface area contributed by atoms with Crippen LogP contribution in [0.4, 0.5) is 4.79 Å². The third-order valence-electron chi connectivity index (χ3n) is 3.04. The standard InChI is InChI=1S/C13H23NO3/c1-10-5-6-11(7-8-15)9-14(10)12(16)17-13(2,3)4/h8,10-11H,5-7,9H2,1-4H3. The van der Waals surface area contributed by atoms with E-state index in [2.05, 4.69) is 0 Å². The summed E-state index contributed by atoms with van der Waals surface area (Å²) in [6.07, 6.45) is 3.16. The zero-order chi connectivity index (χ0) is 13.1. The van der Waals surface area contributed by atoms with Gasteiger partial charge < -0.3 is 14.4 Å². The minimum atomic E-state index is -0.464. The summed E-state index contributed by atoms with van der Waals surface area (Å²) >= 11 is 0. The molecule has 1 amide bonds. The van der Waals surface area contributed by atoms with Crippen molar-refractivity contribution in [3.8, 4) is 0 Å². The average molecular weight is 241 g/mol. The zero-order valence-electron chi connectivity index (χ0n) is 11.2. The van der Waals surface area contributed by atoms with Gasteiger partial charge in [0.1, 0.15) is 11.9 Å². The lowest BCUT2D eigenvalue weighted by molar-refractivity contribution is -0.109. The van der Waals surface area contributed by atoms with Crippen molar-refractivity contribution >= 4 is 12.4 Å². The van der Waals surface area contributed by atoms with Gasteiger partial charge >= 0.3 is 6.09 Å². The lowest BCUT2D eigenvalue weighted by Crippen LogP contribution is -2.47. The lowest BCUT2D eigenvalue weighted by Gasteiger charge is -2.38. The van der Waals surface area contributed by atoms with E-state index in [1.807, 2.05) is 27.7 Å². The van der Waals surface area contributed by atoms with Gasteiger partial charge in [0.05, 0.1) is 0 Å². The van der Waals surface area contributed by atoms with Crippen molar-refractivity contribution in [2.75, 3.05) is 6.54 Å². The fraction of sp³-hybridized carbons (Fsp3) is 0.846. The van der Waals surface area contributed by atoms with E-state index >= 15 is 0 Å². The molecule has 2 unspecified atom stereocenters. The van der Waals surface area contributed by atoms with E-state index in [0.717, 1.165) is 19.1 Å². The number of hydrogen-bond acceptors (Lipinski definition) is 3. The number of carbonyl (C=O) groups excluding carboxylic acids is 2. The molecule has 0 N–H and O–H groups in total. The number of piperidine rings is 1. The molecule has 1 rings (SSSR count). The molecule has 98 valence electrons. The van der Waals surface area contributed by atoms with Crippen molar-refractivity contribution < 1.29 is 14.3 Å². The number of amides is 1. The normalized spacial score (nSPS) is 25.5. The van der Waals surface area contributed by atoms with Crippen LogP contribution < -0.4 is 0 Å². The molecule has 0 bridgehead atoms. The third kappa shape index (κ3) is 4.36. The van der Waals surface area contributed by atoms with Gasteiger partial charge in [0.2, 0.25) is 0 Å². The lowest BCUT2D eigenvalue weighted by atomic mass is 9.92. The van der Waals surface area contributed by atoms with Crippen LogP contribution >= 0.6 is 0 Å². The summed E-state index contributed by atoms with van der Waals surface area (Å²) in [5.41, 5.74) is -0.464. The zero-order valence-corrected chi connectivity index (χ0v) is 11.2. The number of likely N-dealkylation sites (tertiary alicyclic amines) is 1. The minimum absolute atomic E-state index is 0.202. The Bertz CT molecular complexity index is 283. The minimum Gasteiger partial charge on any atom is -0.444 e. The molecule has 0 aromatic heterocycles. The number of ether oxygens (including phenoxy) is 1. The highest BCUT2D eigenvalue weighted by Crippen LogP contribution is 2.25. The highest BCUT2D eigenvalue weighted by Gasteiger charge is 2.31. The van der Waals surface area contributed by atoms with Crippen molar-refractivity contribution in [2.45, 2.75) is 58.6 Å². The first-order valence-electron chi connectivity index (χ1n) is 6.26. The summed E-state index contributed by atoms with van der Waals surface area (Å²) in [5.74, 6) is 0.288. The molecule has 0 aromatic carbocycles. The van der Waals surface area contributed by atoms with Gasteiger partial charge in [-0.1, -0.05) is 0 Å². The van der Waals surface area contributed by atoms with Gasteiger partial charge in [-0.05, 0) is 46.5 Å². The second-order valence-corrected chi connectivity index (χ2v) is 5.83. The molecule has 4 heteroatoms. The Morgan fingerprint density at radius 1 is 1.41 bits per heavy atom. The first-order chi connectivity index (χ1) is 7.83. The Balaban J connectivity index is 2.60. The topological polar surface area (TPSA) is 46.6 Å². The van der Waals surface area contributed by atoms with Crippen molar-refractivity contribution in [3.05, 3.63) is 0 Å². The van der Waals surface area contributed by atoms with E-state index in [1.54, 1.807) is 4.90 Å². The highest BCUT2D eigenvalue weighted by molar-refractivity contribution is 5.68. The van der Waals surface area contributed by atoms with E-state index in [1.165, 1.54) is 0 Å². The first-order valence-corrected chi connectivity index (χ1v) is 6.26. The van der Waals surface area contributed by atoms with Crippen molar-refractivity contribution in [1.29, 1.82) is 0 Å². The predicted octanol–water partition coefficient (Wildman–Crippen LogP) is 2.61. The molecule has 0 saturated carbocycles. The molecule has 1 fully saturated rings. The number of nitrogens with zero attached hydrogens (tertiary/aromatic N) is 1. The second kappa shape index (κ2) is 5.52. The van der Waals surface area contributed by atoms with Crippen LogP contribution in [0.1, 0.15) is 47.0 Å². The molecule has 0 spiro atoms. The Morgan fingerprint density at radius 3 is 2.59 bits per heavy atom. The van der Waals surface area contributed by atoms with Gasteiger partial charge in [-0.3, -0.25) is 0 Å². The van der Waals surface area contributed by atoms with Crippen LogP contribution in [0, 0.1) is 5.92 Å². The molecule has 0 radical (unpaired) electrons. The number of carbonyl (C=O) groups is 2. The summed E-state index contributed by atoms with van der Waals surface area (Å²) in [6, 6.07) is 0.202. The van der Waals surface area contributed by atoms with Crippen LogP contribution in [0.25, 0.3) is 0 Å². The SMILES string of the molecule is CC1CCC(CC=O)CN1C(=O)OC(C)(C)C. The molecule has 1 saturated heterocycles. The van der Waals surface area contributed by atoms with Crippen LogP contribution in [0.3, 0.4) is 0 Å².